The third kappa shape index (κ3) is 4.26. The monoisotopic (exact) mass is 350 g/mol. The zero-order valence-electron chi connectivity index (χ0n) is 12.2. The van der Waals surface area contributed by atoms with E-state index in [1.807, 2.05) is 0 Å². The minimum Gasteiger partial charge on any atom is -0.480 e. The van der Waals surface area contributed by atoms with Crippen LogP contribution in [0.5, 0.6) is 0 Å². The Kier molecular flexibility index (Phi) is 6.06. The molecule has 0 aromatic heterocycles. The van der Waals surface area contributed by atoms with Gasteiger partial charge in [-0.2, -0.15) is 4.31 Å². The molecule has 0 saturated heterocycles. The van der Waals surface area contributed by atoms with Crippen LogP contribution in [-0.2, 0) is 24.8 Å². The van der Waals surface area contributed by atoms with E-state index in [-0.39, 0.29) is 16.3 Å². The summed E-state index contributed by atoms with van der Waals surface area (Å²) in [7, 11) is -6.67. The summed E-state index contributed by atoms with van der Waals surface area (Å²) in [6, 6.07) is 4.79. The summed E-state index contributed by atoms with van der Waals surface area (Å²) < 4.78 is 51.3. The first-order chi connectivity index (χ1) is 10.1. The van der Waals surface area contributed by atoms with Crippen LogP contribution < -0.4 is 4.72 Å². The predicted molar refractivity (Wildman–Crippen MR) is 79.4 cm³/mol. The number of carbonyl (C=O) groups is 1. The molecule has 0 spiro atoms. The van der Waals surface area contributed by atoms with Crippen molar-refractivity contribution in [1.82, 2.24) is 9.03 Å². The molecule has 0 radical (unpaired) electrons. The maximum Gasteiger partial charge on any atom is 0.318 e. The summed E-state index contributed by atoms with van der Waals surface area (Å²) in [5.74, 6) is -1.28. The molecule has 0 atom stereocenters. The van der Waals surface area contributed by atoms with Crippen LogP contribution in [0.15, 0.2) is 34.1 Å². The number of aliphatic carboxylic acids is 1. The Morgan fingerprint density at radius 1 is 1.23 bits per heavy atom. The highest BCUT2D eigenvalue weighted by Crippen LogP contribution is 2.19. The average Bonchev–Trinajstić information content (AvgIpc) is 2.46. The summed E-state index contributed by atoms with van der Waals surface area (Å²) in [5.41, 5.74) is 0. The van der Waals surface area contributed by atoms with E-state index < -0.39 is 32.6 Å². The van der Waals surface area contributed by atoms with Crippen molar-refractivity contribution in [2.24, 2.45) is 0 Å². The van der Waals surface area contributed by atoms with Gasteiger partial charge in [-0.1, -0.05) is 13.0 Å². The highest BCUT2D eigenvalue weighted by Gasteiger charge is 2.27. The van der Waals surface area contributed by atoms with Gasteiger partial charge in [0.05, 0.1) is 9.79 Å². The van der Waals surface area contributed by atoms with Crippen LogP contribution in [0.1, 0.15) is 13.3 Å². The van der Waals surface area contributed by atoms with Gasteiger partial charge >= 0.3 is 5.97 Å². The molecule has 0 heterocycles. The largest absolute Gasteiger partial charge is 0.480 e. The second-order valence-electron chi connectivity index (χ2n) is 4.41. The summed E-state index contributed by atoms with van der Waals surface area (Å²) in [4.78, 5) is 10.4. The number of nitrogens with zero attached hydrogens (tertiary/aromatic N) is 1. The lowest BCUT2D eigenvalue weighted by Crippen LogP contribution is -2.36. The number of rotatable bonds is 8. The van der Waals surface area contributed by atoms with E-state index in [9.17, 15) is 21.6 Å². The van der Waals surface area contributed by atoms with E-state index in [4.69, 9.17) is 5.11 Å². The molecule has 0 aliphatic carbocycles. The van der Waals surface area contributed by atoms with Gasteiger partial charge in [0.25, 0.3) is 0 Å². The molecule has 1 aromatic carbocycles. The Bertz CT molecular complexity index is 743. The van der Waals surface area contributed by atoms with E-state index in [0.717, 1.165) is 10.4 Å². The summed E-state index contributed by atoms with van der Waals surface area (Å²) >= 11 is 0. The molecule has 0 amide bonds. The Labute approximate surface area is 129 Å². The number of hydrogen-bond donors (Lipinski definition) is 2. The average molecular weight is 350 g/mol. The molecule has 0 fully saturated rings. The van der Waals surface area contributed by atoms with Gasteiger partial charge in [-0.3, -0.25) is 4.79 Å². The van der Waals surface area contributed by atoms with Crippen molar-refractivity contribution in [3.63, 3.8) is 0 Å². The van der Waals surface area contributed by atoms with Gasteiger partial charge in [-0.05, 0) is 31.7 Å². The Balaban J connectivity index is 3.32. The third-order valence-electron chi connectivity index (χ3n) is 2.81. The van der Waals surface area contributed by atoms with Crippen LogP contribution in [0.2, 0.25) is 0 Å². The highest BCUT2D eigenvalue weighted by molar-refractivity contribution is 7.90. The second-order valence-corrected chi connectivity index (χ2v) is 8.24. The van der Waals surface area contributed by atoms with E-state index in [1.165, 1.54) is 25.2 Å². The first-order valence-electron chi connectivity index (χ1n) is 6.40. The lowest BCUT2D eigenvalue weighted by Gasteiger charge is -2.20. The molecular formula is C12H18N2O6S2. The third-order valence-corrected chi connectivity index (χ3v) is 6.06. The van der Waals surface area contributed by atoms with Crippen molar-refractivity contribution < 1.29 is 26.7 Å². The first-order valence-corrected chi connectivity index (χ1v) is 9.33. The quantitative estimate of drug-likeness (QED) is 0.685. The molecule has 10 heteroatoms. The first kappa shape index (κ1) is 18.6. The molecule has 0 saturated carbocycles. The smallest absolute Gasteiger partial charge is 0.318 e. The van der Waals surface area contributed by atoms with Gasteiger partial charge < -0.3 is 5.11 Å². The normalized spacial score (nSPS) is 12.5. The standard InChI is InChI=1S/C12H18N2O6S2/c1-3-7-14(9-12(15)16)22(19,20)11-6-4-5-10(8-11)21(17,18)13-2/h4-6,8,13H,3,7,9H2,1-2H3,(H,15,16). The molecular weight excluding hydrogens is 332 g/mol. The number of hydrogen-bond acceptors (Lipinski definition) is 5. The SMILES string of the molecule is CCCN(CC(=O)O)S(=O)(=O)c1cccc(S(=O)(=O)NC)c1. The predicted octanol–water partition coefficient (Wildman–Crippen LogP) is 0.0800. The minimum absolute atomic E-state index is 0.0254. The zero-order chi connectivity index (χ0) is 17.0. The number of carboxylic acid groups (broad SMARTS) is 1. The van der Waals surface area contributed by atoms with E-state index in [1.54, 1.807) is 6.92 Å². The Hall–Kier alpha value is -1.49. The fraction of sp³-hybridized carbons (Fsp3) is 0.417. The molecule has 1 aromatic rings. The van der Waals surface area contributed by atoms with Crippen LogP contribution >= 0.6 is 0 Å². The summed E-state index contributed by atoms with van der Waals surface area (Å²) in [5, 5.41) is 8.83. The molecule has 22 heavy (non-hydrogen) atoms. The molecule has 0 bridgehead atoms. The number of sulfonamides is 2. The van der Waals surface area contributed by atoms with E-state index in [0.29, 0.717) is 6.42 Å². The molecule has 0 unspecified atom stereocenters. The van der Waals surface area contributed by atoms with Crippen molar-refractivity contribution in [3.8, 4) is 0 Å². The van der Waals surface area contributed by atoms with Crippen molar-refractivity contribution in [3.05, 3.63) is 24.3 Å². The number of benzene rings is 1. The highest BCUT2D eigenvalue weighted by atomic mass is 32.2. The molecule has 0 aliphatic heterocycles. The number of carboxylic acids is 1. The van der Waals surface area contributed by atoms with Gasteiger partial charge in [-0.25, -0.2) is 21.6 Å². The van der Waals surface area contributed by atoms with Gasteiger partial charge in [0.2, 0.25) is 20.0 Å². The fourth-order valence-electron chi connectivity index (χ4n) is 1.75. The Morgan fingerprint density at radius 3 is 2.32 bits per heavy atom. The van der Waals surface area contributed by atoms with Crippen molar-refractivity contribution in [1.29, 1.82) is 0 Å². The van der Waals surface area contributed by atoms with Gasteiger partial charge in [0.15, 0.2) is 0 Å². The van der Waals surface area contributed by atoms with E-state index >= 15 is 0 Å². The zero-order valence-corrected chi connectivity index (χ0v) is 13.8. The van der Waals surface area contributed by atoms with Crippen molar-refractivity contribution in [2.75, 3.05) is 20.1 Å². The minimum atomic E-state index is -4.09. The van der Waals surface area contributed by atoms with Crippen LogP contribution in [0, 0.1) is 0 Å². The topological polar surface area (TPSA) is 121 Å². The summed E-state index contributed by atoms with van der Waals surface area (Å²) in [6.07, 6.45) is 0.432. The van der Waals surface area contributed by atoms with Crippen LogP contribution in [0.25, 0.3) is 0 Å². The molecule has 1 rings (SSSR count). The maximum atomic E-state index is 12.5. The molecule has 124 valence electrons. The maximum absolute atomic E-state index is 12.5. The van der Waals surface area contributed by atoms with E-state index in [2.05, 4.69) is 4.72 Å². The van der Waals surface area contributed by atoms with Crippen LogP contribution in [0.4, 0.5) is 0 Å². The van der Waals surface area contributed by atoms with Gasteiger partial charge in [-0.15, -0.1) is 0 Å². The lowest BCUT2D eigenvalue weighted by molar-refractivity contribution is -0.137. The molecule has 0 aliphatic rings. The second kappa shape index (κ2) is 7.18. The van der Waals surface area contributed by atoms with Gasteiger partial charge in [0, 0.05) is 6.54 Å². The van der Waals surface area contributed by atoms with Crippen molar-refractivity contribution in [2.45, 2.75) is 23.1 Å². The van der Waals surface area contributed by atoms with Crippen LogP contribution in [0.3, 0.4) is 0 Å². The van der Waals surface area contributed by atoms with Crippen LogP contribution in [-0.4, -0.2) is 52.4 Å². The lowest BCUT2D eigenvalue weighted by atomic mass is 10.4. The van der Waals surface area contributed by atoms with Gasteiger partial charge in [0.1, 0.15) is 6.54 Å². The Morgan fingerprint density at radius 2 is 1.82 bits per heavy atom. The van der Waals surface area contributed by atoms with Crippen molar-refractivity contribution >= 4 is 26.0 Å². The summed E-state index contributed by atoms with van der Waals surface area (Å²) in [6.45, 7) is 1.06. The number of nitrogens with one attached hydrogen (secondary N) is 1. The fourth-order valence-corrected chi connectivity index (χ4v) is 4.13. The molecule has 8 nitrogen and oxygen atoms in total. The molecule has 2 N–H and O–H groups in total.